The van der Waals surface area contributed by atoms with Gasteiger partial charge in [-0.25, -0.2) is 0 Å². The van der Waals surface area contributed by atoms with Gasteiger partial charge in [-0.3, -0.25) is 4.79 Å². The van der Waals surface area contributed by atoms with Crippen LogP contribution in [0.4, 0.5) is 0 Å². The Morgan fingerprint density at radius 3 is 2.93 bits per heavy atom. The van der Waals surface area contributed by atoms with Gasteiger partial charge in [-0.1, -0.05) is 11.4 Å². The number of carbonyl (C=O) groups excluding carboxylic acids is 1. The molecule has 0 unspecified atom stereocenters. The Morgan fingerprint density at radius 2 is 2.33 bits per heavy atom. The predicted molar refractivity (Wildman–Crippen MR) is 64.7 cm³/mol. The number of aromatic nitrogens is 2. The number of halogens is 1. The summed E-state index contributed by atoms with van der Waals surface area (Å²) < 4.78 is 4.65. The number of aryl methyl sites for hydroxylation is 1. The van der Waals surface area contributed by atoms with Crippen LogP contribution in [0, 0.1) is 0 Å². The number of hydrogen-bond donors (Lipinski definition) is 0. The van der Waals surface area contributed by atoms with Crippen molar-refractivity contribution in [3.63, 3.8) is 0 Å². The molecule has 0 fully saturated rings. The van der Waals surface area contributed by atoms with Gasteiger partial charge in [0, 0.05) is 20.8 Å². The lowest BCUT2D eigenvalue weighted by atomic mass is 10.1. The molecular formula is C9H7BrN2OS2. The SMILES string of the molecule is CCc1nnsc1C(=O)c1cscc1Br. The Labute approximate surface area is 103 Å². The van der Waals surface area contributed by atoms with E-state index >= 15 is 0 Å². The van der Waals surface area contributed by atoms with Crippen molar-refractivity contribution in [2.24, 2.45) is 0 Å². The second-order valence-corrected chi connectivity index (χ2v) is 5.22. The van der Waals surface area contributed by atoms with E-state index in [9.17, 15) is 4.79 Å². The van der Waals surface area contributed by atoms with Gasteiger partial charge in [0.1, 0.15) is 4.88 Å². The lowest BCUT2D eigenvalue weighted by Crippen LogP contribution is -2.01. The second-order valence-electron chi connectivity index (χ2n) is 2.86. The number of hydrogen-bond acceptors (Lipinski definition) is 5. The molecule has 0 saturated carbocycles. The summed E-state index contributed by atoms with van der Waals surface area (Å²) in [5.41, 5.74) is 1.48. The molecule has 0 aliphatic carbocycles. The van der Waals surface area contributed by atoms with Crippen molar-refractivity contribution in [1.82, 2.24) is 9.59 Å². The van der Waals surface area contributed by atoms with Crippen molar-refractivity contribution in [3.8, 4) is 0 Å². The Morgan fingerprint density at radius 1 is 1.53 bits per heavy atom. The zero-order valence-corrected chi connectivity index (χ0v) is 11.1. The number of thiophene rings is 1. The first-order valence-electron chi connectivity index (χ1n) is 4.31. The normalized spacial score (nSPS) is 10.5. The summed E-state index contributed by atoms with van der Waals surface area (Å²) in [7, 11) is 0. The van der Waals surface area contributed by atoms with Gasteiger partial charge in [0.25, 0.3) is 0 Å². The van der Waals surface area contributed by atoms with Gasteiger partial charge in [0.2, 0.25) is 5.78 Å². The first-order chi connectivity index (χ1) is 7.24. The molecule has 0 aliphatic rings. The fraction of sp³-hybridized carbons (Fsp3) is 0.222. The molecule has 0 atom stereocenters. The van der Waals surface area contributed by atoms with Crippen LogP contribution in [0.25, 0.3) is 0 Å². The molecule has 78 valence electrons. The molecule has 0 aliphatic heterocycles. The number of carbonyl (C=O) groups is 1. The maximum Gasteiger partial charge on any atom is 0.208 e. The van der Waals surface area contributed by atoms with Crippen LogP contribution in [0.3, 0.4) is 0 Å². The van der Waals surface area contributed by atoms with E-state index in [-0.39, 0.29) is 5.78 Å². The highest BCUT2D eigenvalue weighted by molar-refractivity contribution is 9.10. The molecular weight excluding hydrogens is 296 g/mol. The monoisotopic (exact) mass is 302 g/mol. The molecule has 0 bridgehead atoms. The maximum atomic E-state index is 12.1. The summed E-state index contributed by atoms with van der Waals surface area (Å²) in [6.45, 7) is 1.97. The molecule has 2 aromatic heterocycles. The zero-order valence-electron chi connectivity index (χ0n) is 7.86. The zero-order chi connectivity index (χ0) is 10.8. The average molecular weight is 303 g/mol. The number of rotatable bonds is 3. The molecule has 0 aromatic carbocycles. The summed E-state index contributed by atoms with van der Waals surface area (Å²) in [5.74, 6) is 0.00924. The van der Waals surface area contributed by atoms with E-state index in [2.05, 4.69) is 25.5 Å². The second kappa shape index (κ2) is 4.51. The van der Waals surface area contributed by atoms with E-state index in [1.165, 1.54) is 11.3 Å². The maximum absolute atomic E-state index is 12.1. The van der Waals surface area contributed by atoms with Crippen molar-refractivity contribution in [1.29, 1.82) is 0 Å². The van der Waals surface area contributed by atoms with E-state index in [0.717, 1.165) is 28.1 Å². The predicted octanol–water partition coefficient (Wildman–Crippen LogP) is 3.16. The number of ketones is 1. The van der Waals surface area contributed by atoms with Gasteiger partial charge >= 0.3 is 0 Å². The smallest absolute Gasteiger partial charge is 0.208 e. The van der Waals surface area contributed by atoms with Crippen molar-refractivity contribution in [3.05, 3.63) is 31.4 Å². The molecule has 3 nitrogen and oxygen atoms in total. The first kappa shape index (κ1) is 10.9. The van der Waals surface area contributed by atoms with Crippen LogP contribution in [0.5, 0.6) is 0 Å². The highest BCUT2D eigenvalue weighted by Gasteiger charge is 2.19. The first-order valence-corrected chi connectivity index (χ1v) is 6.82. The Balaban J connectivity index is 2.41. The van der Waals surface area contributed by atoms with E-state index in [1.807, 2.05) is 17.7 Å². The van der Waals surface area contributed by atoms with Gasteiger partial charge in [-0.05, 0) is 33.9 Å². The van der Waals surface area contributed by atoms with Crippen LogP contribution in [0.2, 0.25) is 0 Å². The molecule has 0 radical (unpaired) electrons. The third-order valence-corrected chi connectivity index (χ3v) is 4.43. The van der Waals surface area contributed by atoms with Crippen molar-refractivity contribution < 1.29 is 4.79 Å². The van der Waals surface area contributed by atoms with Crippen LogP contribution >= 0.6 is 38.8 Å². The van der Waals surface area contributed by atoms with Crippen LogP contribution in [0.1, 0.15) is 27.9 Å². The molecule has 2 heterocycles. The minimum atomic E-state index is 0.00924. The van der Waals surface area contributed by atoms with Crippen LogP contribution < -0.4 is 0 Å². The van der Waals surface area contributed by atoms with Gasteiger partial charge < -0.3 is 0 Å². The van der Waals surface area contributed by atoms with Crippen molar-refractivity contribution in [2.45, 2.75) is 13.3 Å². The van der Waals surface area contributed by atoms with Gasteiger partial charge in [0.15, 0.2) is 0 Å². The summed E-state index contributed by atoms with van der Waals surface area (Å²) in [5, 5.41) is 7.67. The Bertz CT molecular complexity index is 492. The average Bonchev–Trinajstić information content (AvgIpc) is 2.84. The highest BCUT2D eigenvalue weighted by atomic mass is 79.9. The van der Waals surface area contributed by atoms with Crippen LogP contribution in [-0.4, -0.2) is 15.4 Å². The van der Waals surface area contributed by atoms with Crippen molar-refractivity contribution in [2.75, 3.05) is 0 Å². The third kappa shape index (κ3) is 2.02. The molecule has 15 heavy (non-hydrogen) atoms. The van der Waals surface area contributed by atoms with E-state index in [0.29, 0.717) is 10.4 Å². The fourth-order valence-electron chi connectivity index (χ4n) is 1.18. The largest absolute Gasteiger partial charge is 0.287 e. The topological polar surface area (TPSA) is 42.9 Å². The lowest BCUT2D eigenvalue weighted by molar-refractivity contribution is 0.104. The Kier molecular flexibility index (Phi) is 3.28. The summed E-state index contributed by atoms with van der Waals surface area (Å²) in [6, 6.07) is 0. The highest BCUT2D eigenvalue weighted by Crippen LogP contribution is 2.26. The van der Waals surface area contributed by atoms with Crippen LogP contribution in [0.15, 0.2) is 15.2 Å². The van der Waals surface area contributed by atoms with Crippen molar-refractivity contribution >= 4 is 44.6 Å². The van der Waals surface area contributed by atoms with Gasteiger partial charge in [-0.15, -0.1) is 5.10 Å². The van der Waals surface area contributed by atoms with E-state index in [4.69, 9.17) is 0 Å². The minimum Gasteiger partial charge on any atom is -0.287 e. The summed E-state index contributed by atoms with van der Waals surface area (Å²) in [6.07, 6.45) is 0.735. The number of nitrogens with zero attached hydrogens (tertiary/aromatic N) is 2. The van der Waals surface area contributed by atoms with Gasteiger partial charge in [-0.2, -0.15) is 11.3 Å². The Hall–Kier alpha value is -0.590. The molecule has 0 saturated heterocycles. The standard InChI is InChI=1S/C9H7BrN2OS2/c1-2-7-9(15-12-11-7)8(13)5-3-14-4-6(5)10/h3-4H,2H2,1H3. The van der Waals surface area contributed by atoms with E-state index in [1.54, 1.807) is 0 Å². The quantitative estimate of drug-likeness (QED) is 0.818. The summed E-state index contributed by atoms with van der Waals surface area (Å²) >= 11 is 6.02. The molecule has 0 spiro atoms. The molecule has 6 heteroatoms. The van der Waals surface area contributed by atoms with E-state index < -0.39 is 0 Å². The summed E-state index contributed by atoms with van der Waals surface area (Å²) in [4.78, 5) is 12.7. The fourth-order valence-corrected chi connectivity index (χ4v) is 3.34. The molecule has 0 amide bonds. The third-order valence-electron chi connectivity index (χ3n) is 1.96. The van der Waals surface area contributed by atoms with Gasteiger partial charge in [0.05, 0.1) is 5.69 Å². The minimum absolute atomic E-state index is 0.00924. The lowest BCUT2D eigenvalue weighted by Gasteiger charge is -1.96. The molecule has 2 rings (SSSR count). The molecule has 0 N–H and O–H groups in total. The molecule has 2 aromatic rings. The van der Waals surface area contributed by atoms with Crippen LogP contribution in [-0.2, 0) is 6.42 Å².